The molecule has 0 aliphatic carbocycles. The van der Waals surface area contributed by atoms with E-state index in [0.717, 1.165) is 32.7 Å². The summed E-state index contributed by atoms with van der Waals surface area (Å²) in [5.74, 6) is 0. The van der Waals surface area contributed by atoms with Gasteiger partial charge in [0.25, 0.3) is 0 Å². The van der Waals surface area contributed by atoms with Crippen LogP contribution in [0, 0.1) is 0 Å². The quantitative estimate of drug-likeness (QED) is 0.287. The summed E-state index contributed by atoms with van der Waals surface area (Å²) in [5, 5.41) is 15.9. The van der Waals surface area contributed by atoms with Gasteiger partial charge in [-0.3, -0.25) is 0 Å². The number of rotatable bonds is 19. The van der Waals surface area contributed by atoms with E-state index in [4.69, 9.17) is 18.9 Å². The lowest BCUT2D eigenvalue weighted by atomic mass is 10.4. The number of hydrogen-bond donors (Lipinski definition) is 3. The zero-order chi connectivity index (χ0) is 17.0. The van der Waals surface area contributed by atoms with Gasteiger partial charge in [-0.2, -0.15) is 0 Å². The average molecular weight is 336 g/mol. The molecule has 1 atom stereocenters. The zero-order valence-electron chi connectivity index (χ0n) is 14.8. The van der Waals surface area contributed by atoms with Crippen LogP contribution in [0.15, 0.2) is 0 Å². The molecule has 0 aromatic heterocycles. The fraction of sp³-hybridized carbons (Fsp3) is 1.00. The SMILES string of the molecule is CCOCCCNCCOCCOCCNCC(O)COCC. The minimum absolute atomic E-state index is 0.373. The van der Waals surface area contributed by atoms with Crippen molar-refractivity contribution in [3.8, 4) is 0 Å². The smallest absolute Gasteiger partial charge is 0.0897 e. The fourth-order valence-electron chi connectivity index (χ4n) is 1.76. The maximum absolute atomic E-state index is 9.52. The maximum Gasteiger partial charge on any atom is 0.0897 e. The number of aliphatic hydroxyl groups excluding tert-OH is 1. The van der Waals surface area contributed by atoms with E-state index in [9.17, 15) is 5.11 Å². The molecule has 1 unspecified atom stereocenters. The molecule has 3 N–H and O–H groups in total. The third kappa shape index (κ3) is 19.7. The summed E-state index contributed by atoms with van der Waals surface area (Å²) >= 11 is 0. The van der Waals surface area contributed by atoms with Crippen LogP contribution in [0.25, 0.3) is 0 Å². The van der Waals surface area contributed by atoms with E-state index >= 15 is 0 Å². The van der Waals surface area contributed by atoms with Crippen molar-refractivity contribution < 1.29 is 24.1 Å². The molecule has 0 aromatic carbocycles. The summed E-state index contributed by atoms with van der Waals surface area (Å²) < 4.78 is 21.3. The van der Waals surface area contributed by atoms with Crippen LogP contribution in [0.1, 0.15) is 20.3 Å². The van der Waals surface area contributed by atoms with Crippen LogP contribution in [0.4, 0.5) is 0 Å². The van der Waals surface area contributed by atoms with Crippen LogP contribution >= 0.6 is 0 Å². The summed E-state index contributed by atoms with van der Waals surface area (Å²) in [6, 6.07) is 0. The molecule has 0 aliphatic heterocycles. The van der Waals surface area contributed by atoms with Crippen LogP contribution in [-0.2, 0) is 18.9 Å². The molecule has 0 saturated carbocycles. The molecule has 0 amide bonds. The number of nitrogens with one attached hydrogen (secondary N) is 2. The second kappa shape index (κ2) is 19.8. The molecular formula is C16H36N2O5. The molecule has 140 valence electrons. The van der Waals surface area contributed by atoms with Crippen LogP contribution in [0.3, 0.4) is 0 Å². The topological polar surface area (TPSA) is 81.2 Å². The molecule has 0 rings (SSSR count). The van der Waals surface area contributed by atoms with Crippen molar-refractivity contribution in [1.82, 2.24) is 10.6 Å². The van der Waals surface area contributed by atoms with Gasteiger partial charge in [0.2, 0.25) is 0 Å². The molecule has 7 heteroatoms. The van der Waals surface area contributed by atoms with Gasteiger partial charge in [-0.15, -0.1) is 0 Å². The zero-order valence-corrected chi connectivity index (χ0v) is 14.8. The van der Waals surface area contributed by atoms with Crippen LogP contribution in [-0.4, -0.2) is 90.2 Å². The standard InChI is InChI=1S/C16H36N2O5/c1-3-20-9-5-6-17-7-10-22-12-13-23-11-8-18-14-16(19)15-21-4-2/h16-19H,3-15H2,1-2H3. The Labute approximate surface area is 141 Å². The van der Waals surface area contributed by atoms with Crippen molar-refractivity contribution in [2.75, 3.05) is 79.0 Å². The first-order valence-corrected chi connectivity index (χ1v) is 8.71. The lowest BCUT2D eigenvalue weighted by molar-refractivity contribution is 0.0365. The van der Waals surface area contributed by atoms with Crippen LogP contribution < -0.4 is 10.6 Å². The van der Waals surface area contributed by atoms with Crippen LogP contribution in [0.5, 0.6) is 0 Å². The Kier molecular flexibility index (Phi) is 19.5. The van der Waals surface area contributed by atoms with E-state index < -0.39 is 6.10 Å². The van der Waals surface area contributed by atoms with E-state index in [1.807, 2.05) is 13.8 Å². The third-order valence-corrected chi connectivity index (χ3v) is 2.96. The van der Waals surface area contributed by atoms with E-state index in [-0.39, 0.29) is 0 Å². The highest BCUT2D eigenvalue weighted by atomic mass is 16.5. The van der Waals surface area contributed by atoms with Crippen molar-refractivity contribution in [2.24, 2.45) is 0 Å². The minimum Gasteiger partial charge on any atom is -0.389 e. The first kappa shape index (κ1) is 22.7. The lowest BCUT2D eigenvalue weighted by Gasteiger charge is -2.11. The minimum atomic E-state index is -0.459. The summed E-state index contributed by atoms with van der Waals surface area (Å²) in [7, 11) is 0. The first-order valence-electron chi connectivity index (χ1n) is 8.71. The Hall–Kier alpha value is -0.280. The summed E-state index contributed by atoms with van der Waals surface area (Å²) in [6.45, 7) is 12.1. The second-order valence-electron chi connectivity index (χ2n) is 5.04. The highest BCUT2D eigenvalue weighted by molar-refractivity contribution is 4.57. The largest absolute Gasteiger partial charge is 0.389 e. The molecule has 0 bridgehead atoms. The van der Waals surface area contributed by atoms with E-state index in [0.29, 0.717) is 52.7 Å². The van der Waals surface area contributed by atoms with Crippen molar-refractivity contribution in [1.29, 1.82) is 0 Å². The second-order valence-corrected chi connectivity index (χ2v) is 5.04. The predicted molar refractivity (Wildman–Crippen MR) is 91.0 cm³/mol. The van der Waals surface area contributed by atoms with E-state index in [1.54, 1.807) is 0 Å². The number of aliphatic hydroxyl groups is 1. The molecule has 0 spiro atoms. The van der Waals surface area contributed by atoms with Crippen molar-refractivity contribution >= 4 is 0 Å². The Morgan fingerprint density at radius 2 is 1.39 bits per heavy atom. The van der Waals surface area contributed by atoms with Gasteiger partial charge < -0.3 is 34.7 Å². The Morgan fingerprint density at radius 3 is 2.04 bits per heavy atom. The molecule has 0 aliphatic rings. The Bertz CT molecular complexity index is 223. The first-order chi connectivity index (χ1) is 11.3. The van der Waals surface area contributed by atoms with E-state index in [2.05, 4.69) is 10.6 Å². The average Bonchev–Trinajstić information content (AvgIpc) is 2.56. The van der Waals surface area contributed by atoms with Crippen molar-refractivity contribution in [3.63, 3.8) is 0 Å². The van der Waals surface area contributed by atoms with Gasteiger partial charge in [0, 0.05) is 39.5 Å². The van der Waals surface area contributed by atoms with Gasteiger partial charge >= 0.3 is 0 Å². The lowest BCUT2D eigenvalue weighted by Crippen LogP contribution is -2.32. The Morgan fingerprint density at radius 1 is 0.739 bits per heavy atom. The van der Waals surface area contributed by atoms with E-state index in [1.165, 1.54) is 0 Å². The van der Waals surface area contributed by atoms with Gasteiger partial charge in [-0.1, -0.05) is 0 Å². The van der Waals surface area contributed by atoms with Crippen molar-refractivity contribution in [2.45, 2.75) is 26.4 Å². The third-order valence-electron chi connectivity index (χ3n) is 2.96. The van der Waals surface area contributed by atoms with Crippen LogP contribution in [0.2, 0.25) is 0 Å². The van der Waals surface area contributed by atoms with Gasteiger partial charge in [0.15, 0.2) is 0 Å². The highest BCUT2D eigenvalue weighted by Crippen LogP contribution is 1.84. The normalized spacial score (nSPS) is 12.7. The molecule has 0 saturated heterocycles. The molecule has 0 radical (unpaired) electrons. The molecule has 0 heterocycles. The van der Waals surface area contributed by atoms with Gasteiger partial charge in [-0.05, 0) is 26.8 Å². The molecule has 7 nitrogen and oxygen atoms in total. The fourth-order valence-corrected chi connectivity index (χ4v) is 1.76. The summed E-state index contributed by atoms with van der Waals surface area (Å²) in [5.41, 5.74) is 0. The summed E-state index contributed by atoms with van der Waals surface area (Å²) in [6.07, 6.45) is 0.572. The number of ether oxygens (including phenoxy) is 4. The molecular weight excluding hydrogens is 300 g/mol. The number of hydrogen-bond acceptors (Lipinski definition) is 7. The van der Waals surface area contributed by atoms with Gasteiger partial charge in [0.1, 0.15) is 0 Å². The Balaban J connectivity index is 3.02. The highest BCUT2D eigenvalue weighted by Gasteiger charge is 2.02. The molecule has 23 heavy (non-hydrogen) atoms. The van der Waals surface area contributed by atoms with Crippen molar-refractivity contribution in [3.05, 3.63) is 0 Å². The van der Waals surface area contributed by atoms with Gasteiger partial charge in [0.05, 0.1) is 39.1 Å². The van der Waals surface area contributed by atoms with Gasteiger partial charge in [-0.25, -0.2) is 0 Å². The summed E-state index contributed by atoms with van der Waals surface area (Å²) in [4.78, 5) is 0. The monoisotopic (exact) mass is 336 g/mol. The predicted octanol–water partition coefficient (Wildman–Crippen LogP) is 0.0228. The maximum atomic E-state index is 9.52. The molecule has 0 aromatic rings. The molecule has 0 fully saturated rings.